The first-order chi connectivity index (χ1) is 9.29. The SMILES string of the molecule is CNCc1cc(Cl)ccc1-c1cccc2c1OCC2. The summed E-state index contributed by atoms with van der Waals surface area (Å²) < 4.78 is 5.79. The third-order valence-corrected chi connectivity index (χ3v) is 3.67. The van der Waals surface area contributed by atoms with Crippen LogP contribution >= 0.6 is 11.6 Å². The van der Waals surface area contributed by atoms with Crippen LogP contribution in [0.2, 0.25) is 5.02 Å². The maximum atomic E-state index is 6.10. The summed E-state index contributed by atoms with van der Waals surface area (Å²) in [5.41, 5.74) is 4.84. The van der Waals surface area contributed by atoms with E-state index in [0.29, 0.717) is 0 Å². The van der Waals surface area contributed by atoms with Crippen molar-refractivity contribution in [3.63, 3.8) is 0 Å². The summed E-state index contributed by atoms with van der Waals surface area (Å²) in [4.78, 5) is 0. The van der Waals surface area contributed by atoms with Crippen LogP contribution in [0.5, 0.6) is 5.75 Å². The van der Waals surface area contributed by atoms with Gasteiger partial charge in [-0.25, -0.2) is 0 Å². The number of fused-ring (bicyclic) bond motifs is 1. The van der Waals surface area contributed by atoms with Crippen molar-refractivity contribution in [2.24, 2.45) is 0 Å². The van der Waals surface area contributed by atoms with Crippen LogP contribution < -0.4 is 10.1 Å². The topological polar surface area (TPSA) is 21.3 Å². The number of benzene rings is 2. The average Bonchev–Trinajstić information content (AvgIpc) is 2.88. The molecule has 19 heavy (non-hydrogen) atoms. The van der Waals surface area contributed by atoms with E-state index in [1.165, 1.54) is 16.7 Å². The molecule has 0 atom stereocenters. The predicted octanol–water partition coefficient (Wildman–Crippen LogP) is 3.66. The lowest BCUT2D eigenvalue weighted by Crippen LogP contribution is -2.06. The van der Waals surface area contributed by atoms with Gasteiger partial charge in [-0.2, -0.15) is 0 Å². The normalized spacial score (nSPS) is 13.2. The molecule has 1 aliphatic heterocycles. The molecule has 0 spiro atoms. The Labute approximate surface area is 118 Å². The Morgan fingerprint density at radius 2 is 2.11 bits per heavy atom. The minimum atomic E-state index is 0.766. The van der Waals surface area contributed by atoms with Crippen molar-refractivity contribution in [3.8, 4) is 16.9 Å². The molecule has 3 rings (SSSR count). The molecule has 2 aromatic rings. The minimum absolute atomic E-state index is 0.766. The summed E-state index contributed by atoms with van der Waals surface area (Å²) in [7, 11) is 1.94. The summed E-state index contributed by atoms with van der Waals surface area (Å²) in [6.45, 7) is 1.57. The predicted molar refractivity (Wildman–Crippen MR) is 78.9 cm³/mol. The van der Waals surface area contributed by atoms with Crippen LogP contribution in [0.1, 0.15) is 11.1 Å². The Hall–Kier alpha value is -1.51. The second-order valence-electron chi connectivity index (χ2n) is 4.72. The highest BCUT2D eigenvalue weighted by Crippen LogP contribution is 2.38. The molecule has 1 aliphatic rings. The van der Waals surface area contributed by atoms with Crippen molar-refractivity contribution in [1.29, 1.82) is 0 Å². The van der Waals surface area contributed by atoms with Gasteiger partial charge in [0.25, 0.3) is 0 Å². The van der Waals surface area contributed by atoms with Gasteiger partial charge in [-0.3, -0.25) is 0 Å². The molecule has 1 heterocycles. The van der Waals surface area contributed by atoms with E-state index in [1.807, 2.05) is 19.2 Å². The zero-order valence-corrected chi connectivity index (χ0v) is 11.6. The van der Waals surface area contributed by atoms with Gasteiger partial charge < -0.3 is 10.1 Å². The van der Waals surface area contributed by atoms with Crippen LogP contribution in [-0.4, -0.2) is 13.7 Å². The van der Waals surface area contributed by atoms with E-state index < -0.39 is 0 Å². The number of nitrogens with one attached hydrogen (secondary N) is 1. The number of ether oxygens (including phenoxy) is 1. The summed E-state index contributed by atoms with van der Waals surface area (Å²) in [5.74, 6) is 1.03. The van der Waals surface area contributed by atoms with Crippen LogP contribution in [0.3, 0.4) is 0 Å². The summed E-state index contributed by atoms with van der Waals surface area (Å²) >= 11 is 6.10. The van der Waals surface area contributed by atoms with Gasteiger partial charge in [-0.15, -0.1) is 0 Å². The van der Waals surface area contributed by atoms with Crippen molar-refractivity contribution in [2.75, 3.05) is 13.7 Å². The highest BCUT2D eigenvalue weighted by Gasteiger charge is 2.18. The van der Waals surface area contributed by atoms with E-state index in [9.17, 15) is 0 Å². The third kappa shape index (κ3) is 2.34. The van der Waals surface area contributed by atoms with Crippen LogP contribution in [-0.2, 0) is 13.0 Å². The fraction of sp³-hybridized carbons (Fsp3) is 0.250. The summed E-state index contributed by atoms with van der Waals surface area (Å²) in [6, 6.07) is 12.4. The van der Waals surface area contributed by atoms with E-state index in [2.05, 4.69) is 29.6 Å². The number of halogens is 1. The monoisotopic (exact) mass is 273 g/mol. The van der Waals surface area contributed by atoms with Crippen molar-refractivity contribution >= 4 is 11.6 Å². The Bertz CT molecular complexity index is 610. The maximum absolute atomic E-state index is 6.10. The first-order valence-corrected chi connectivity index (χ1v) is 6.85. The zero-order valence-electron chi connectivity index (χ0n) is 10.9. The highest BCUT2D eigenvalue weighted by atomic mass is 35.5. The molecular formula is C16H16ClNO. The van der Waals surface area contributed by atoms with Crippen LogP contribution in [0.4, 0.5) is 0 Å². The van der Waals surface area contributed by atoms with Gasteiger partial charge in [0.15, 0.2) is 0 Å². The molecule has 0 saturated heterocycles. The van der Waals surface area contributed by atoms with Gasteiger partial charge in [0.2, 0.25) is 0 Å². The van der Waals surface area contributed by atoms with Crippen molar-refractivity contribution in [2.45, 2.75) is 13.0 Å². The molecule has 0 radical (unpaired) electrons. The quantitative estimate of drug-likeness (QED) is 0.921. The lowest BCUT2D eigenvalue weighted by molar-refractivity contribution is 0.358. The van der Waals surface area contributed by atoms with Crippen molar-refractivity contribution in [3.05, 3.63) is 52.5 Å². The van der Waals surface area contributed by atoms with Crippen molar-refractivity contribution in [1.82, 2.24) is 5.32 Å². The Morgan fingerprint density at radius 3 is 2.95 bits per heavy atom. The molecule has 2 nitrogen and oxygen atoms in total. The second kappa shape index (κ2) is 5.24. The van der Waals surface area contributed by atoms with E-state index in [-0.39, 0.29) is 0 Å². The van der Waals surface area contributed by atoms with E-state index in [4.69, 9.17) is 16.3 Å². The molecule has 0 fully saturated rings. The lowest BCUT2D eigenvalue weighted by Gasteiger charge is -2.13. The van der Waals surface area contributed by atoms with Crippen LogP contribution in [0.15, 0.2) is 36.4 Å². The standard InChI is InChI=1S/C16H16ClNO/c1-18-10-12-9-13(17)5-6-14(12)15-4-2-3-11-7-8-19-16(11)15/h2-6,9,18H,7-8,10H2,1H3. The molecule has 0 unspecified atom stereocenters. The van der Waals surface area contributed by atoms with E-state index in [1.54, 1.807) is 0 Å². The molecular weight excluding hydrogens is 258 g/mol. The molecule has 0 aromatic heterocycles. The molecule has 3 heteroatoms. The van der Waals surface area contributed by atoms with Crippen molar-refractivity contribution < 1.29 is 4.74 Å². The Morgan fingerprint density at radius 1 is 1.21 bits per heavy atom. The number of para-hydroxylation sites is 1. The van der Waals surface area contributed by atoms with Gasteiger partial charge in [-0.05, 0) is 35.9 Å². The Balaban J connectivity index is 2.14. The minimum Gasteiger partial charge on any atom is -0.492 e. The summed E-state index contributed by atoms with van der Waals surface area (Å²) in [6.07, 6.45) is 0.998. The largest absolute Gasteiger partial charge is 0.492 e. The number of rotatable bonds is 3. The smallest absolute Gasteiger partial charge is 0.130 e. The Kier molecular flexibility index (Phi) is 3.45. The molecule has 0 aliphatic carbocycles. The molecule has 0 bridgehead atoms. The first kappa shape index (κ1) is 12.5. The number of hydrogen-bond acceptors (Lipinski definition) is 2. The zero-order chi connectivity index (χ0) is 13.2. The third-order valence-electron chi connectivity index (χ3n) is 3.44. The van der Waals surface area contributed by atoms with E-state index >= 15 is 0 Å². The molecule has 0 saturated carbocycles. The van der Waals surface area contributed by atoms with Gasteiger partial charge in [-0.1, -0.05) is 35.9 Å². The molecule has 1 N–H and O–H groups in total. The number of hydrogen-bond donors (Lipinski definition) is 1. The highest BCUT2D eigenvalue weighted by molar-refractivity contribution is 6.30. The van der Waals surface area contributed by atoms with Crippen LogP contribution in [0.25, 0.3) is 11.1 Å². The van der Waals surface area contributed by atoms with E-state index in [0.717, 1.165) is 35.9 Å². The molecule has 0 amide bonds. The molecule has 2 aromatic carbocycles. The average molecular weight is 274 g/mol. The molecule has 98 valence electrons. The van der Waals surface area contributed by atoms with Gasteiger partial charge in [0.05, 0.1) is 6.61 Å². The lowest BCUT2D eigenvalue weighted by atomic mass is 9.97. The second-order valence-corrected chi connectivity index (χ2v) is 5.16. The van der Waals surface area contributed by atoms with Crippen LogP contribution in [0, 0.1) is 0 Å². The fourth-order valence-electron chi connectivity index (χ4n) is 2.59. The summed E-state index contributed by atoms with van der Waals surface area (Å²) in [5, 5.41) is 3.96. The van der Waals surface area contributed by atoms with Gasteiger partial charge in [0.1, 0.15) is 5.75 Å². The van der Waals surface area contributed by atoms with Gasteiger partial charge >= 0.3 is 0 Å². The van der Waals surface area contributed by atoms with Gasteiger partial charge in [0, 0.05) is 23.6 Å². The first-order valence-electron chi connectivity index (χ1n) is 6.47. The fourth-order valence-corrected chi connectivity index (χ4v) is 2.78. The maximum Gasteiger partial charge on any atom is 0.130 e.